The molecule has 6 heteroatoms. The van der Waals surface area contributed by atoms with Gasteiger partial charge in [-0.05, 0) is 101 Å². The van der Waals surface area contributed by atoms with Crippen LogP contribution in [-0.2, 0) is 17.6 Å². The number of ether oxygens (including phenoxy) is 1. The third-order valence-corrected chi connectivity index (χ3v) is 7.58. The molecule has 5 rings (SSSR count). The maximum atomic E-state index is 12.7. The van der Waals surface area contributed by atoms with Crippen molar-refractivity contribution in [1.82, 2.24) is 10.2 Å². The van der Waals surface area contributed by atoms with Crippen LogP contribution >= 0.6 is 0 Å². The topological polar surface area (TPSA) is 71.8 Å². The van der Waals surface area contributed by atoms with Gasteiger partial charge in [-0.15, -0.1) is 0 Å². The lowest BCUT2D eigenvalue weighted by Gasteiger charge is -2.44. The third-order valence-electron chi connectivity index (χ3n) is 7.58. The lowest BCUT2D eigenvalue weighted by atomic mass is 9.83. The minimum absolute atomic E-state index is 0.0203. The summed E-state index contributed by atoms with van der Waals surface area (Å²) in [6, 6.07) is 4.46. The van der Waals surface area contributed by atoms with E-state index < -0.39 is 0 Å². The van der Waals surface area contributed by atoms with Crippen LogP contribution in [-0.4, -0.2) is 43.1 Å². The number of hydrogen-bond acceptors (Lipinski definition) is 5. The fourth-order valence-electron chi connectivity index (χ4n) is 6.04. The average molecular weight is 439 g/mol. The first kappa shape index (κ1) is 21.5. The molecule has 1 aromatic heterocycles. The molecular formula is C26H34N2O4. The molecule has 2 aromatic rings. The number of nitrogens with one attached hydrogen (secondary N) is 1. The van der Waals surface area contributed by atoms with Gasteiger partial charge in [0.05, 0.1) is 5.39 Å². The van der Waals surface area contributed by atoms with Crippen LogP contribution < -0.4 is 15.7 Å². The van der Waals surface area contributed by atoms with Crippen LogP contribution in [0.4, 0.5) is 0 Å². The molecule has 3 heterocycles. The molecule has 2 atom stereocenters. The van der Waals surface area contributed by atoms with Gasteiger partial charge < -0.3 is 19.4 Å². The number of nitrogens with zero attached hydrogens (tertiary/aromatic N) is 1. The van der Waals surface area contributed by atoms with E-state index in [0.29, 0.717) is 23.3 Å². The summed E-state index contributed by atoms with van der Waals surface area (Å²) in [5.74, 6) is 1.10. The van der Waals surface area contributed by atoms with Crippen LogP contribution in [0, 0.1) is 12.8 Å². The van der Waals surface area contributed by atoms with Gasteiger partial charge in [-0.1, -0.05) is 6.42 Å². The van der Waals surface area contributed by atoms with Crippen LogP contribution in [0.3, 0.4) is 0 Å². The number of piperidine rings is 2. The summed E-state index contributed by atoms with van der Waals surface area (Å²) in [4.78, 5) is 27.7. The Morgan fingerprint density at radius 2 is 1.91 bits per heavy atom. The normalized spacial score (nSPS) is 23.4. The molecule has 2 fully saturated rings. The number of aryl methyl sites for hydroxylation is 2. The molecule has 2 aliphatic heterocycles. The molecule has 1 amide bonds. The predicted molar refractivity (Wildman–Crippen MR) is 124 cm³/mol. The van der Waals surface area contributed by atoms with Gasteiger partial charge in [0.1, 0.15) is 11.3 Å². The second-order valence-electron chi connectivity index (χ2n) is 9.78. The van der Waals surface area contributed by atoms with E-state index in [0.717, 1.165) is 54.3 Å². The molecule has 1 N–H and O–H groups in total. The maximum absolute atomic E-state index is 12.7. The molecule has 0 spiro atoms. The van der Waals surface area contributed by atoms with E-state index in [9.17, 15) is 9.59 Å². The number of carbonyl (C=O) groups is 1. The molecular weight excluding hydrogens is 404 g/mol. The smallest absolute Gasteiger partial charge is 0.339 e. The Labute approximate surface area is 189 Å². The number of rotatable bonds is 5. The second kappa shape index (κ2) is 9.26. The van der Waals surface area contributed by atoms with Gasteiger partial charge in [0.15, 0.2) is 6.61 Å². The van der Waals surface area contributed by atoms with Crippen LogP contribution in [0.5, 0.6) is 5.75 Å². The van der Waals surface area contributed by atoms with Crippen molar-refractivity contribution < 1.29 is 13.9 Å². The molecule has 3 aliphatic rings. The van der Waals surface area contributed by atoms with E-state index in [1.54, 1.807) is 0 Å². The molecule has 172 valence electrons. The van der Waals surface area contributed by atoms with Crippen molar-refractivity contribution >= 4 is 16.9 Å². The van der Waals surface area contributed by atoms with Crippen molar-refractivity contribution in [2.24, 2.45) is 5.92 Å². The summed E-state index contributed by atoms with van der Waals surface area (Å²) < 4.78 is 11.7. The lowest BCUT2D eigenvalue weighted by Crippen LogP contribution is -2.51. The molecule has 6 nitrogen and oxygen atoms in total. The largest absolute Gasteiger partial charge is 0.483 e. The Morgan fingerprint density at radius 3 is 2.78 bits per heavy atom. The van der Waals surface area contributed by atoms with Gasteiger partial charge in [-0.2, -0.15) is 0 Å². The van der Waals surface area contributed by atoms with Crippen molar-refractivity contribution in [2.75, 3.05) is 26.2 Å². The zero-order chi connectivity index (χ0) is 22.1. The van der Waals surface area contributed by atoms with Gasteiger partial charge in [-0.25, -0.2) is 4.79 Å². The highest BCUT2D eigenvalue weighted by molar-refractivity contribution is 5.89. The van der Waals surface area contributed by atoms with Gasteiger partial charge in [0, 0.05) is 18.2 Å². The number of carbonyl (C=O) groups excluding carboxylic acids is 1. The molecule has 2 saturated heterocycles. The molecule has 0 radical (unpaired) electrons. The van der Waals surface area contributed by atoms with Crippen LogP contribution in [0.15, 0.2) is 21.3 Å². The van der Waals surface area contributed by atoms with Crippen molar-refractivity contribution in [3.8, 4) is 5.75 Å². The summed E-state index contributed by atoms with van der Waals surface area (Å²) in [6.07, 6.45) is 9.93. The zero-order valence-corrected chi connectivity index (χ0v) is 19.1. The fourth-order valence-corrected chi connectivity index (χ4v) is 6.04. The van der Waals surface area contributed by atoms with Gasteiger partial charge in [0.25, 0.3) is 5.91 Å². The van der Waals surface area contributed by atoms with Crippen molar-refractivity contribution in [2.45, 2.75) is 70.8 Å². The summed E-state index contributed by atoms with van der Waals surface area (Å²) in [6.45, 7) is 5.07. The summed E-state index contributed by atoms with van der Waals surface area (Å²) in [5.41, 5.74) is 3.09. The molecule has 32 heavy (non-hydrogen) atoms. The Hall–Kier alpha value is -2.34. The molecule has 0 bridgehead atoms. The molecule has 1 aliphatic carbocycles. The van der Waals surface area contributed by atoms with Crippen molar-refractivity contribution in [3.63, 3.8) is 0 Å². The third kappa shape index (κ3) is 4.29. The average Bonchev–Trinajstić information content (AvgIpc) is 2.81. The summed E-state index contributed by atoms with van der Waals surface area (Å²) in [5, 5.41) is 3.99. The summed E-state index contributed by atoms with van der Waals surface area (Å²) in [7, 11) is 0. The number of hydrogen-bond donors (Lipinski definition) is 1. The fraction of sp³-hybridized carbons (Fsp3) is 0.615. The van der Waals surface area contributed by atoms with Crippen molar-refractivity contribution in [1.29, 1.82) is 0 Å². The molecule has 1 aromatic carbocycles. The quantitative estimate of drug-likeness (QED) is 0.720. The molecule has 0 unspecified atom stereocenters. The zero-order valence-electron chi connectivity index (χ0n) is 19.1. The first-order chi connectivity index (χ1) is 15.6. The Kier molecular flexibility index (Phi) is 6.22. The standard InChI is InChI=1S/C26H34N2O4/c1-17-13-22(25-19-8-2-3-9-20(19)26(30)32-23(25)14-17)31-16-24(29)27-15-18-7-6-12-28-11-5-4-10-21(18)28/h13-14,18,21H,2-12,15-16H2,1H3,(H,27,29)/t18-,21-/m1/s1. The SMILES string of the molecule is Cc1cc(OCC(=O)NC[C@H]2CCCN3CCCC[C@H]23)c2c3c(c(=O)oc2c1)CCCC3. The Bertz CT molecular complexity index is 1060. The number of benzene rings is 1. The van der Waals surface area contributed by atoms with E-state index in [1.807, 2.05) is 19.1 Å². The highest BCUT2D eigenvalue weighted by Gasteiger charge is 2.33. The van der Waals surface area contributed by atoms with Gasteiger partial charge in [0.2, 0.25) is 0 Å². The summed E-state index contributed by atoms with van der Waals surface area (Å²) >= 11 is 0. The van der Waals surface area contributed by atoms with E-state index in [4.69, 9.17) is 9.15 Å². The monoisotopic (exact) mass is 438 g/mol. The first-order valence-corrected chi connectivity index (χ1v) is 12.3. The Balaban J connectivity index is 1.28. The lowest BCUT2D eigenvalue weighted by molar-refractivity contribution is -0.123. The number of fused-ring (bicyclic) bond motifs is 4. The van der Waals surface area contributed by atoms with Gasteiger partial charge in [-0.3, -0.25) is 4.79 Å². The Morgan fingerprint density at radius 1 is 1.09 bits per heavy atom. The van der Waals surface area contributed by atoms with Gasteiger partial charge >= 0.3 is 5.63 Å². The molecule has 0 saturated carbocycles. The highest BCUT2D eigenvalue weighted by atomic mass is 16.5. The minimum atomic E-state index is -0.231. The van der Waals surface area contributed by atoms with Crippen LogP contribution in [0.2, 0.25) is 0 Å². The van der Waals surface area contributed by atoms with E-state index in [2.05, 4.69) is 10.2 Å². The van der Waals surface area contributed by atoms with E-state index in [-0.39, 0.29) is 18.1 Å². The van der Waals surface area contributed by atoms with Crippen LogP contribution in [0.25, 0.3) is 11.0 Å². The highest BCUT2D eigenvalue weighted by Crippen LogP contribution is 2.35. The maximum Gasteiger partial charge on any atom is 0.339 e. The number of amides is 1. The van der Waals surface area contributed by atoms with Crippen LogP contribution in [0.1, 0.15) is 61.6 Å². The van der Waals surface area contributed by atoms with Crippen molar-refractivity contribution in [3.05, 3.63) is 39.2 Å². The first-order valence-electron chi connectivity index (χ1n) is 12.3. The minimum Gasteiger partial charge on any atom is -0.483 e. The predicted octanol–water partition coefficient (Wildman–Crippen LogP) is 3.74. The van der Waals surface area contributed by atoms with E-state index >= 15 is 0 Å². The van der Waals surface area contributed by atoms with E-state index in [1.165, 1.54) is 45.2 Å². The second-order valence-corrected chi connectivity index (χ2v) is 9.78.